The Balaban J connectivity index is 3.14. The van der Waals surface area contributed by atoms with E-state index in [1.54, 1.807) is 0 Å². The number of carboxylic acids is 1. The van der Waals surface area contributed by atoms with Gasteiger partial charge in [0, 0.05) is 25.0 Å². The summed E-state index contributed by atoms with van der Waals surface area (Å²) in [5.74, 6) is -0.586. The molecule has 0 amide bonds. The largest absolute Gasteiger partial charge is 0.476 e. The molecule has 0 radical (unpaired) electrons. The van der Waals surface area contributed by atoms with Crippen molar-refractivity contribution in [2.75, 3.05) is 11.4 Å². The molecular formula is C11H17N3O2. The normalized spacial score (nSPS) is 12.2. The fourth-order valence-corrected chi connectivity index (χ4v) is 1.58. The van der Waals surface area contributed by atoms with Crippen molar-refractivity contribution in [3.8, 4) is 0 Å². The third-order valence-corrected chi connectivity index (χ3v) is 2.62. The van der Waals surface area contributed by atoms with E-state index >= 15 is 0 Å². The molecule has 88 valence electrons. The molecule has 0 saturated carbocycles. The summed E-state index contributed by atoms with van der Waals surface area (Å²) in [6.07, 6.45) is 3.85. The van der Waals surface area contributed by atoms with E-state index in [9.17, 15) is 4.79 Å². The van der Waals surface area contributed by atoms with Gasteiger partial charge in [-0.05, 0) is 20.3 Å². The van der Waals surface area contributed by atoms with Crippen LogP contribution in [0.2, 0.25) is 0 Å². The van der Waals surface area contributed by atoms with Gasteiger partial charge in [-0.25, -0.2) is 14.8 Å². The molecule has 5 heteroatoms. The minimum atomic E-state index is -1.04. The van der Waals surface area contributed by atoms with Crippen LogP contribution < -0.4 is 4.90 Å². The predicted molar refractivity (Wildman–Crippen MR) is 61.8 cm³/mol. The van der Waals surface area contributed by atoms with Crippen LogP contribution in [0.15, 0.2) is 12.4 Å². The minimum absolute atomic E-state index is 0.0182. The topological polar surface area (TPSA) is 66.3 Å². The number of carbonyl (C=O) groups is 1. The second kappa shape index (κ2) is 5.44. The van der Waals surface area contributed by atoms with Crippen molar-refractivity contribution < 1.29 is 9.90 Å². The molecule has 1 aromatic heterocycles. The monoisotopic (exact) mass is 223 g/mol. The van der Waals surface area contributed by atoms with Crippen LogP contribution in [0.5, 0.6) is 0 Å². The summed E-state index contributed by atoms with van der Waals surface area (Å²) in [6, 6.07) is 0.250. The lowest BCUT2D eigenvalue weighted by Crippen LogP contribution is -2.34. The van der Waals surface area contributed by atoms with Gasteiger partial charge in [-0.1, -0.05) is 6.92 Å². The van der Waals surface area contributed by atoms with Gasteiger partial charge in [-0.2, -0.15) is 0 Å². The predicted octanol–water partition coefficient (Wildman–Crippen LogP) is 1.80. The highest BCUT2D eigenvalue weighted by Gasteiger charge is 2.20. The fourth-order valence-electron chi connectivity index (χ4n) is 1.58. The Kier molecular flexibility index (Phi) is 4.22. The first-order valence-corrected chi connectivity index (χ1v) is 5.42. The highest BCUT2D eigenvalue weighted by molar-refractivity contribution is 5.90. The van der Waals surface area contributed by atoms with Gasteiger partial charge in [-0.15, -0.1) is 0 Å². The van der Waals surface area contributed by atoms with E-state index < -0.39 is 5.97 Å². The van der Waals surface area contributed by atoms with Gasteiger partial charge in [0.05, 0.1) is 0 Å². The standard InChI is InChI=1S/C11H17N3O2/c1-4-8(3)14(5-2)10-9(11(15)16)12-6-7-13-10/h6-8H,4-5H2,1-3H3,(H,15,16). The maximum atomic E-state index is 11.0. The number of anilines is 1. The zero-order valence-electron chi connectivity index (χ0n) is 9.84. The Morgan fingerprint density at radius 3 is 2.56 bits per heavy atom. The van der Waals surface area contributed by atoms with E-state index in [1.165, 1.54) is 12.4 Å². The Bertz CT molecular complexity index is 368. The molecule has 1 aromatic rings. The molecule has 0 aliphatic carbocycles. The second-order valence-corrected chi connectivity index (χ2v) is 3.58. The Hall–Kier alpha value is -1.65. The van der Waals surface area contributed by atoms with E-state index in [1.807, 2.05) is 18.7 Å². The van der Waals surface area contributed by atoms with Crippen molar-refractivity contribution >= 4 is 11.8 Å². The van der Waals surface area contributed by atoms with Crippen LogP contribution in [0.25, 0.3) is 0 Å². The molecular weight excluding hydrogens is 206 g/mol. The van der Waals surface area contributed by atoms with Gasteiger partial charge in [0.25, 0.3) is 0 Å². The molecule has 1 heterocycles. The molecule has 0 saturated heterocycles. The summed E-state index contributed by atoms with van der Waals surface area (Å²) in [4.78, 5) is 21.0. The third kappa shape index (κ3) is 2.48. The number of nitrogens with zero attached hydrogens (tertiary/aromatic N) is 3. The number of carboxylic acid groups (broad SMARTS) is 1. The second-order valence-electron chi connectivity index (χ2n) is 3.58. The Morgan fingerprint density at radius 1 is 1.44 bits per heavy atom. The van der Waals surface area contributed by atoms with Gasteiger partial charge in [0.1, 0.15) is 0 Å². The summed E-state index contributed by atoms with van der Waals surface area (Å²) in [5, 5.41) is 9.04. The highest BCUT2D eigenvalue weighted by Crippen LogP contribution is 2.18. The molecule has 0 aliphatic heterocycles. The van der Waals surface area contributed by atoms with Crippen LogP contribution in [0.1, 0.15) is 37.7 Å². The lowest BCUT2D eigenvalue weighted by atomic mass is 10.2. The van der Waals surface area contributed by atoms with Gasteiger partial charge in [0.15, 0.2) is 11.5 Å². The van der Waals surface area contributed by atoms with E-state index in [4.69, 9.17) is 5.11 Å². The van der Waals surface area contributed by atoms with Gasteiger partial charge >= 0.3 is 5.97 Å². The average Bonchev–Trinajstić information content (AvgIpc) is 2.30. The summed E-state index contributed by atoms with van der Waals surface area (Å²) in [7, 11) is 0. The number of aromatic nitrogens is 2. The molecule has 1 atom stereocenters. The van der Waals surface area contributed by atoms with Crippen molar-refractivity contribution in [2.45, 2.75) is 33.2 Å². The smallest absolute Gasteiger partial charge is 0.358 e. The Labute approximate surface area is 95.1 Å². The van der Waals surface area contributed by atoms with Crippen molar-refractivity contribution in [3.63, 3.8) is 0 Å². The molecule has 16 heavy (non-hydrogen) atoms. The first-order chi connectivity index (χ1) is 7.61. The first kappa shape index (κ1) is 12.4. The third-order valence-electron chi connectivity index (χ3n) is 2.62. The first-order valence-electron chi connectivity index (χ1n) is 5.42. The quantitative estimate of drug-likeness (QED) is 0.824. The molecule has 0 spiro atoms. The van der Waals surface area contributed by atoms with E-state index in [2.05, 4.69) is 16.9 Å². The molecule has 0 bridgehead atoms. The van der Waals surface area contributed by atoms with Crippen LogP contribution >= 0.6 is 0 Å². The van der Waals surface area contributed by atoms with Crippen LogP contribution in [-0.4, -0.2) is 33.6 Å². The van der Waals surface area contributed by atoms with Crippen molar-refractivity contribution in [1.29, 1.82) is 0 Å². The number of hydrogen-bond donors (Lipinski definition) is 1. The van der Waals surface area contributed by atoms with Gasteiger partial charge < -0.3 is 10.0 Å². The Morgan fingerprint density at radius 2 is 2.06 bits per heavy atom. The van der Waals surface area contributed by atoms with E-state index in [0.717, 1.165) is 6.42 Å². The number of rotatable bonds is 5. The SMILES string of the molecule is CCC(C)N(CC)c1nccnc1C(=O)O. The summed E-state index contributed by atoms with van der Waals surface area (Å²) < 4.78 is 0. The van der Waals surface area contributed by atoms with Crippen molar-refractivity contribution in [3.05, 3.63) is 18.1 Å². The van der Waals surface area contributed by atoms with Gasteiger partial charge in [0.2, 0.25) is 0 Å². The lowest BCUT2D eigenvalue weighted by molar-refractivity contribution is 0.0690. The molecule has 0 aliphatic rings. The molecule has 0 fully saturated rings. The summed E-state index contributed by atoms with van der Waals surface area (Å²) in [5.41, 5.74) is 0.0182. The summed E-state index contributed by atoms with van der Waals surface area (Å²) >= 11 is 0. The number of hydrogen-bond acceptors (Lipinski definition) is 4. The van der Waals surface area contributed by atoms with Crippen LogP contribution in [0.4, 0.5) is 5.82 Å². The zero-order chi connectivity index (χ0) is 12.1. The van der Waals surface area contributed by atoms with E-state index in [0.29, 0.717) is 12.4 Å². The highest BCUT2D eigenvalue weighted by atomic mass is 16.4. The van der Waals surface area contributed by atoms with Crippen molar-refractivity contribution in [1.82, 2.24) is 9.97 Å². The molecule has 5 nitrogen and oxygen atoms in total. The lowest BCUT2D eigenvalue weighted by Gasteiger charge is -2.28. The van der Waals surface area contributed by atoms with E-state index in [-0.39, 0.29) is 11.7 Å². The molecule has 1 N–H and O–H groups in total. The zero-order valence-corrected chi connectivity index (χ0v) is 9.84. The maximum Gasteiger partial charge on any atom is 0.358 e. The average molecular weight is 223 g/mol. The minimum Gasteiger partial charge on any atom is -0.476 e. The van der Waals surface area contributed by atoms with Crippen LogP contribution in [0, 0.1) is 0 Å². The van der Waals surface area contributed by atoms with Gasteiger partial charge in [-0.3, -0.25) is 0 Å². The fraction of sp³-hybridized carbons (Fsp3) is 0.545. The summed E-state index contributed by atoms with van der Waals surface area (Å²) in [6.45, 7) is 6.80. The molecule has 1 unspecified atom stereocenters. The van der Waals surface area contributed by atoms with Crippen molar-refractivity contribution in [2.24, 2.45) is 0 Å². The molecule has 0 aromatic carbocycles. The number of aromatic carboxylic acids is 1. The molecule has 1 rings (SSSR count). The maximum absolute atomic E-state index is 11.0. The van der Waals surface area contributed by atoms with Crippen LogP contribution in [0.3, 0.4) is 0 Å². The van der Waals surface area contributed by atoms with Crippen LogP contribution in [-0.2, 0) is 0 Å².